The zero-order valence-electron chi connectivity index (χ0n) is 15.6. The van der Waals surface area contributed by atoms with E-state index in [1.54, 1.807) is 12.3 Å². The van der Waals surface area contributed by atoms with Crippen LogP contribution in [0.15, 0.2) is 59.1 Å². The van der Waals surface area contributed by atoms with Gasteiger partial charge >= 0.3 is 0 Å². The first kappa shape index (κ1) is 17.9. The molecule has 134 valence electrons. The number of oxazole rings is 1. The number of aryl methyl sites for hydroxylation is 1. The first-order valence-electron chi connectivity index (χ1n) is 8.89. The van der Waals surface area contributed by atoms with E-state index in [1.807, 2.05) is 56.3 Å². The van der Waals surface area contributed by atoms with E-state index < -0.39 is 0 Å². The Morgan fingerprint density at radius 1 is 1.04 bits per heavy atom. The second-order valence-electron chi connectivity index (χ2n) is 6.95. The lowest BCUT2D eigenvalue weighted by Crippen LogP contribution is -2.36. The highest BCUT2D eigenvalue weighted by Crippen LogP contribution is 2.28. The molecule has 1 heterocycles. The molecular formula is C22H24N2O2. The van der Waals surface area contributed by atoms with Crippen LogP contribution in [-0.4, -0.2) is 16.9 Å². The number of hydrogen-bond donors (Lipinski definition) is 1. The summed E-state index contributed by atoms with van der Waals surface area (Å²) in [6, 6.07) is 15.6. The highest BCUT2D eigenvalue weighted by Gasteiger charge is 2.19. The van der Waals surface area contributed by atoms with Crippen LogP contribution in [0, 0.1) is 12.8 Å². The van der Waals surface area contributed by atoms with Crippen molar-refractivity contribution in [3.05, 3.63) is 65.9 Å². The maximum absolute atomic E-state index is 12.7. The van der Waals surface area contributed by atoms with Gasteiger partial charge in [0.2, 0.25) is 5.89 Å². The van der Waals surface area contributed by atoms with Crippen molar-refractivity contribution in [2.45, 2.75) is 33.7 Å². The number of carbonyl (C=O) groups excluding carboxylic acids is 1. The van der Waals surface area contributed by atoms with Gasteiger partial charge in [0.25, 0.3) is 5.91 Å². The molecule has 0 saturated carbocycles. The first-order chi connectivity index (χ1) is 12.5. The largest absolute Gasteiger partial charge is 0.436 e. The maximum Gasteiger partial charge on any atom is 0.252 e. The Bertz CT molecular complexity index is 895. The predicted octanol–water partition coefficient (Wildman–Crippen LogP) is 5.09. The van der Waals surface area contributed by atoms with Gasteiger partial charge in [-0.25, -0.2) is 4.98 Å². The lowest BCUT2D eigenvalue weighted by molar-refractivity contribution is 0.0931. The Balaban J connectivity index is 1.91. The normalized spacial score (nSPS) is 12.2. The van der Waals surface area contributed by atoms with Crippen molar-refractivity contribution in [3.8, 4) is 22.8 Å². The molecule has 3 aromatic rings. The number of nitrogens with zero attached hydrogens (tertiary/aromatic N) is 1. The molecule has 0 radical (unpaired) electrons. The molecule has 0 aliphatic carbocycles. The van der Waals surface area contributed by atoms with Gasteiger partial charge in [-0.1, -0.05) is 55.8 Å². The monoisotopic (exact) mass is 348 g/mol. The fourth-order valence-corrected chi connectivity index (χ4v) is 2.57. The molecular weight excluding hydrogens is 324 g/mol. The fraction of sp³-hybridized carbons (Fsp3) is 0.273. The smallest absolute Gasteiger partial charge is 0.252 e. The molecule has 4 heteroatoms. The predicted molar refractivity (Wildman–Crippen MR) is 104 cm³/mol. The van der Waals surface area contributed by atoms with Gasteiger partial charge in [0.1, 0.15) is 0 Å². The van der Waals surface area contributed by atoms with E-state index in [0.29, 0.717) is 28.7 Å². The van der Waals surface area contributed by atoms with Crippen LogP contribution >= 0.6 is 0 Å². The summed E-state index contributed by atoms with van der Waals surface area (Å²) in [6.07, 6.45) is 1.70. The van der Waals surface area contributed by atoms with Gasteiger partial charge in [0, 0.05) is 17.2 Å². The minimum atomic E-state index is -0.114. The van der Waals surface area contributed by atoms with Crippen molar-refractivity contribution in [1.82, 2.24) is 10.3 Å². The van der Waals surface area contributed by atoms with Gasteiger partial charge < -0.3 is 9.73 Å². The summed E-state index contributed by atoms with van der Waals surface area (Å²) < 4.78 is 5.95. The van der Waals surface area contributed by atoms with Gasteiger partial charge in [-0.15, -0.1) is 0 Å². The van der Waals surface area contributed by atoms with Crippen LogP contribution in [0.4, 0.5) is 0 Å². The lowest BCUT2D eigenvalue weighted by Gasteiger charge is -2.18. The molecule has 0 aliphatic heterocycles. The van der Waals surface area contributed by atoms with Gasteiger partial charge in [0.15, 0.2) is 5.76 Å². The van der Waals surface area contributed by atoms with E-state index >= 15 is 0 Å². The van der Waals surface area contributed by atoms with Gasteiger partial charge in [-0.3, -0.25) is 4.79 Å². The van der Waals surface area contributed by atoms with Crippen molar-refractivity contribution in [2.75, 3.05) is 0 Å². The van der Waals surface area contributed by atoms with Crippen molar-refractivity contribution in [3.63, 3.8) is 0 Å². The Kier molecular flexibility index (Phi) is 5.21. The third-order valence-corrected chi connectivity index (χ3v) is 4.60. The maximum atomic E-state index is 12.7. The minimum absolute atomic E-state index is 0.0863. The van der Waals surface area contributed by atoms with E-state index in [4.69, 9.17) is 4.42 Å². The summed E-state index contributed by atoms with van der Waals surface area (Å²) in [4.78, 5) is 17.1. The van der Waals surface area contributed by atoms with Crippen LogP contribution in [0.5, 0.6) is 0 Å². The molecule has 2 aromatic carbocycles. The zero-order valence-corrected chi connectivity index (χ0v) is 15.6. The topological polar surface area (TPSA) is 55.1 Å². The van der Waals surface area contributed by atoms with Crippen LogP contribution in [0.3, 0.4) is 0 Å². The molecule has 1 amide bonds. The summed E-state index contributed by atoms with van der Waals surface area (Å²) in [5, 5.41) is 3.04. The molecule has 0 saturated heterocycles. The molecule has 1 atom stereocenters. The fourth-order valence-electron chi connectivity index (χ4n) is 2.57. The molecule has 1 N–H and O–H groups in total. The van der Waals surface area contributed by atoms with E-state index in [0.717, 1.165) is 5.56 Å². The summed E-state index contributed by atoms with van der Waals surface area (Å²) in [5.74, 6) is 1.38. The average Bonchev–Trinajstić information content (AvgIpc) is 3.12. The van der Waals surface area contributed by atoms with Crippen LogP contribution in [0.2, 0.25) is 0 Å². The van der Waals surface area contributed by atoms with E-state index in [-0.39, 0.29) is 11.9 Å². The zero-order chi connectivity index (χ0) is 18.7. The quantitative estimate of drug-likeness (QED) is 0.698. The van der Waals surface area contributed by atoms with Crippen molar-refractivity contribution in [1.29, 1.82) is 0 Å². The van der Waals surface area contributed by atoms with Gasteiger partial charge in [-0.05, 0) is 31.9 Å². The minimum Gasteiger partial charge on any atom is -0.436 e. The molecule has 26 heavy (non-hydrogen) atoms. The Morgan fingerprint density at radius 3 is 2.42 bits per heavy atom. The number of carbonyl (C=O) groups is 1. The van der Waals surface area contributed by atoms with Crippen LogP contribution in [0.25, 0.3) is 22.8 Å². The highest BCUT2D eigenvalue weighted by atomic mass is 16.4. The summed E-state index contributed by atoms with van der Waals surface area (Å²) in [7, 11) is 0. The second kappa shape index (κ2) is 7.56. The van der Waals surface area contributed by atoms with E-state index in [2.05, 4.69) is 24.1 Å². The van der Waals surface area contributed by atoms with Crippen LogP contribution in [0.1, 0.15) is 36.7 Å². The van der Waals surface area contributed by atoms with E-state index in [9.17, 15) is 4.79 Å². The summed E-state index contributed by atoms with van der Waals surface area (Å²) >= 11 is 0. The SMILES string of the molecule is Cc1ccc(-c2cnc(-c3ccccc3C(=O)NC(C)C(C)C)o2)cc1. The van der Waals surface area contributed by atoms with Crippen molar-refractivity contribution in [2.24, 2.45) is 5.92 Å². The van der Waals surface area contributed by atoms with E-state index in [1.165, 1.54) is 5.56 Å². The van der Waals surface area contributed by atoms with Crippen LogP contribution in [-0.2, 0) is 0 Å². The molecule has 4 nitrogen and oxygen atoms in total. The van der Waals surface area contributed by atoms with Crippen molar-refractivity contribution >= 4 is 5.91 Å². The molecule has 1 aromatic heterocycles. The second-order valence-corrected chi connectivity index (χ2v) is 6.95. The Labute approximate surface area is 154 Å². The molecule has 0 aliphatic rings. The molecule has 0 spiro atoms. The average molecular weight is 348 g/mol. The summed E-state index contributed by atoms with van der Waals surface area (Å²) in [6.45, 7) is 8.21. The number of rotatable bonds is 5. The Morgan fingerprint density at radius 2 is 1.73 bits per heavy atom. The van der Waals surface area contributed by atoms with Crippen LogP contribution < -0.4 is 5.32 Å². The number of aromatic nitrogens is 1. The number of amides is 1. The third kappa shape index (κ3) is 3.85. The lowest BCUT2D eigenvalue weighted by atomic mass is 10.0. The third-order valence-electron chi connectivity index (χ3n) is 4.60. The highest BCUT2D eigenvalue weighted by molar-refractivity contribution is 6.00. The standard InChI is InChI=1S/C22H24N2O2/c1-14(2)16(4)24-21(25)18-7-5-6-8-19(18)22-23-13-20(26-22)17-11-9-15(3)10-12-17/h5-14,16H,1-4H3,(H,24,25). The summed E-state index contributed by atoms with van der Waals surface area (Å²) in [5.41, 5.74) is 3.41. The molecule has 3 rings (SSSR count). The molecule has 0 fully saturated rings. The van der Waals surface area contributed by atoms with Gasteiger partial charge in [-0.2, -0.15) is 0 Å². The Hall–Kier alpha value is -2.88. The number of benzene rings is 2. The van der Waals surface area contributed by atoms with Crippen molar-refractivity contribution < 1.29 is 9.21 Å². The number of nitrogens with one attached hydrogen (secondary N) is 1. The molecule has 0 bridgehead atoms. The number of hydrogen-bond acceptors (Lipinski definition) is 3. The first-order valence-corrected chi connectivity index (χ1v) is 8.89. The molecule has 1 unspecified atom stereocenters. The van der Waals surface area contributed by atoms with Gasteiger partial charge in [0.05, 0.1) is 11.8 Å².